The predicted octanol–water partition coefficient (Wildman–Crippen LogP) is 2.82. The van der Waals surface area contributed by atoms with E-state index in [4.69, 9.17) is 9.47 Å². The average molecular weight is 388 g/mol. The zero-order chi connectivity index (χ0) is 19.7. The molecule has 7 nitrogen and oxygen atoms in total. The highest BCUT2D eigenvalue weighted by Gasteiger charge is 2.46. The minimum Gasteiger partial charge on any atom is -0.463 e. The molecular formula is C19H20N2O5S. The smallest absolute Gasteiger partial charge is 0.338 e. The predicted molar refractivity (Wildman–Crippen MR) is 101 cm³/mol. The highest BCUT2D eigenvalue weighted by Crippen LogP contribution is 2.43. The van der Waals surface area contributed by atoms with Crippen LogP contribution in [-0.2, 0) is 19.1 Å². The van der Waals surface area contributed by atoms with Crippen LogP contribution < -0.4 is 4.74 Å². The van der Waals surface area contributed by atoms with Gasteiger partial charge in [0.15, 0.2) is 5.17 Å². The van der Waals surface area contributed by atoms with Crippen LogP contribution in [-0.4, -0.2) is 39.8 Å². The Balaban J connectivity index is 2.06. The Bertz CT molecular complexity index is 859. The van der Waals surface area contributed by atoms with Crippen LogP contribution in [0.25, 0.3) is 0 Å². The molecular weight excluding hydrogens is 368 g/mol. The second-order valence-electron chi connectivity index (χ2n) is 6.15. The number of rotatable bonds is 4. The van der Waals surface area contributed by atoms with Gasteiger partial charge in [0.1, 0.15) is 5.75 Å². The van der Waals surface area contributed by atoms with Gasteiger partial charge in [-0.05, 0) is 38.5 Å². The molecule has 27 heavy (non-hydrogen) atoms. The molecule has 1 aromatic carbocycles. The molecule has 0 N–H and O–H groups in total. The summed E-state index contributed by atoms with van der Waals surface area (Å²) >= 11 is 1.37. The molecule has 3 rings (SSSR count). The molecule has 0 saturated carbocycles. The average Bonchev–Trinajstić information content (AvgIpc) is 2.88. The largest absolute Gasteiger partial charge is 0.463 e. The molecule has 0 radical (unpaired) electrons. The third-order valence-electron chi connectivity index (χ3n) is 4.21. The number of ether oxygens (including phenoxy) is 2. The maximum Gasteiger partial charge on any atom is 0.338 e. The van der Waals surface area contributed by atoms with Crippen molar-refractivity contribution in [2.24, 2.45) is 4.99 Å². The van der Waals surface area contributed by atoms with Crippen LogP contribution in [0.4, 0.5) is 0 Å². The molecule has 0 aromatic heterocycles. The van der Waals surface area contributed by atoms with Crippen LogP contribution in [0.2, 0.25) is 0 Å². The molecule has 0 aliphatic carbocycles. The minimum atomic E-state index is -0.632. The van der Waals surface area contributed by atoms with Crippen molar-refractivity contribution in [3.05, 3.63) is 41.1 Å². The van der Waals surface area contributed by atoms with E-state index in [0.29, 0.717) is 27.8 Å². The van der Waals surface area contributed by atoms with Gasteiger partial charge in [0.25, 0.3) is 0 Å². The number of aliphatic imine (C=N–C) groups is 1. The van der Waals surface area contributed by atoms with E-state index in [-0.39, 0.29) is 17.8 Å². The van der Waals surface area contributed by atoms with E-state index >= 15 is 0 Å². The van der Waals surface area contributed by atoms with E-state index in [1.54, 1.807) is 43.0 Å². The Labute approximate surface area is 161 Å². The lowest BCUT2D eigenvalue weighted by Crippen LogP contribution is -2.40. The number of fused-ring (bicyclic) bond motifs is 1. The molecule has 2 aliphatic heterocycles. The van der Waals surface area contributed by atoms with Crippen LogP contribution in [0.1, 0.15) is 39.3 Å². The number of carbonyl (C=O) groups excluding carboxylic acids is 3. The Morgan fingerprint density at radius 2 is 1.93 bits per heavy atom. The minimum absolute atomic E-state index is 0.109. The summed E-state index contributed by atoms with van der Waals surface area (Å²) in [5.74, 6) is -0.631. The molecule has 1 aromatic rings. The molecule has 2 atom stereocenters. The highest BCUT2D eigenvalue weighted by molar-refractivity contribution is 8.15. The van der Waals surface area contributed by atoms with E-state index in [0.717, 1.165) is 0 Å². The Morgan fingerprint density at radius 3 is 2.52 bits per heavy atom. The summed E-state index contributed by atoms with van der Waals surface area (Å²) in [4.78, 5) is 42.5. The Hall–Kier alpha value is -2.61. The van der Waals surface area contributed by atoms with Gasteiger partial charge in [0.2, 0.25) is 5.91 Å². The van der Waals surface area contributed by atoms with E-state index < -0.39 is 18.0 Å². The van der Waals surface area contributed by atoms with Crippen LogP contribution >= 0.6 is 11.8 Å². The first kappa shape index (κ1) is 19.2. The summed E-state index contributed by atoms with van der Waals surface area (Å²) in [6, 6.07) is 6.11. The van der Waals surface area contributed by atoms with Gasteiger partial charge in [0, 0.05) is 6.92 Å². The highest BCUT2D eigenvalue weighted by atomic mass is 32.2. The standard InChI is InChI=1S/C19H20N2O5S/c1-5-25-18(24)15-10(2)20-19-21(17(23)11(3)27-19)16(15)13-6-8-14(9-7-13)26-12(4)22/h6-9,11,16H,5H2,1-4H3. The van der Waals surface area contributed by atoms with Gasteiger partial charge < -0.3 is 9.47 Å². The second-order valence-corrected chi connectivity index (χ2v) is 7.46. The maximum atomic E-state index is 12.7. The van der Waals surface area contributed by atoms with Crippen LogP contribution in [0.15, 0.2) is 40.5 Å². The number of benzene rings is 1. The van der Waals surface area contributed by atoms with E-state index in [9.17, 15) is 14.4 Å². The number of carbonyl (C=O) groups is 3. The Morgan fingerprint density at radius 1 is 1.26 bits per heavy atom. The SMILES string of the molecule is CCOC(=O)C1=C(C)N=C2SC(C)C(=O)N2C1c1ccc(OC(C)=O)cc1. The van der Waals surface area contributed by atoms with Crippen molar-refractivity contribution in [1.82, 2.24) is 4.90 Å². The van der Waals surface area contributed by atoms with Gasteiger partial charge >= 0.3 is 11.9 Å². The molecule has 1 amide bonds. The van der Waals surface area contributed by atoms with Crippen LogP contribution in [0, 0.1) is 0 Å². The molecule has 8 heteroatoms. The molecule has 1 saturated heterocycles. The van der Waals surface area contributed by atoms with Crippen LogP contribution in [0.3, 0.4) is 0 Å². The van der Waals surface area contributed by atoms with Crippen molar-refractivity contribution in [2.45, 2.75) is 39.0 Å². The number of hydrogen-bond donors (Lipinski definition) is 0. The van der Waals surface area contributed by atoms with Gasteiger partial charge in [-0.25, -0.2) is 9.79 Å². The maximum absolute atomic E-state index is 12.7. The fraction of sp³-hybridized carbons (Fsp3) is 0.368. The summed E-state index contributed by atoms with van der Waals surface area (Å²) < 4.78 is 10.3. The van der Waals surface area contributed by atoms with Gasteiger partial charge in [0.05, 0.1) is 29.2 Å². The normalized spacial score (nSPS) is 21.7. The molecule has 2 heterocycles. The molecule has 0 bridgehead atoms. The molecule has 2 aliphatic rings. The van der Waals surface area contributed by atoms with Gasteiger partial charge in [-0.1, -0.05) is 23.9 Å². The van der Waals surface area contributed by atoms with Crippen LogP contribution in [0.5, 0.6) is 5.75 Å². The van der Waals surface area contributed by atoms with Crippen molar-refractivity contribution in [3.63, 3.8) is 0 Å². The summed E-state index contributed by atoms with van der Waals surface area (Å²) in [5.41, 5.74) is 1.58. The van der Waals surface area contributed by atoms with Gasteiger partial charge in [-0.15, -0.1) is 0 Å². The summed E-state index contributed by atoms with van der Waals surface area (Å²) in [6.07, 6.45) is 0. The topological polar surface area (TPSA) is 85.3 Å². The Kier molecular flexibility index (Phi) is 5.36. The number of amides is 1. The lowest BCUT2D eigenvalue weighted by atomic mass is 9.94. The quantitative estimate of drug-likeness (QED) is 0.582. The molecule has 1 fully saturated rings. The van der Waals surface area contributed by atoms with E-state index in [1.807, 2.05) is 6.92 Å². The van der Waals surface area contributed by atoms with Crippen molar-refractivity contribution in [1.29, 1.82) is 0 Å². The number of hydrogen-bond acceptors (Lipinski definition) is 7. The number of amidine groups is 1. The zero-order valence-corrected chi connectivity index (χ0v) is 16.3. The van der Waals surface area contributed by atoms with Gasteiger partial charge in [-0.3, -0.25) is 14.5 Å². The van der Waals surface area contributed by atoms with Crippen molar-refractivity contribution in [2.75, 3.05) is 6.61 Å². The fourth-order valence-corrected chi connectivity index (χ4v) is 4.10. The second kappa shape index (κ2) is 7.56. The first-order chi connectivity index (χ1) is 12.8. The van der Waals surface area contributed by atoms with E-state index in [1.165, 1.54) is 18.7 Å². The first-order valence-electron chi connectivity index (χ1n) is 8.58. The van der Waals surface area contributed by atoms with E-state index in [2.05, 4.69) is 4.99 Å². The van der Waals surface area contributed by atoms with Crippen molar-refractivity contribution in [3.8, 4) is 5.75 Å². The lowest BCUT2D eigenvalue weighted by molar-refractivity contribution is -0.139. The lowest BCUT2D eigenvalue weighted by Gasteiger charge is -2.33. The zero-order valence-electron chi connectivity index (χ0n) is 15.5. The first-order valence-corrected chi connectivity index (χ1v) is 9.46. The monoisotopic (exact) mass is 388 g/mol. The molecule has 142 valence electrons. The number of nitrogens with zero attached hydrogens (tertiary/aromatic N) is 2. The number of allylic oxidation sites excluding steroid dienone is 1. The van der Waals surface area contributed by atoms with Gasteiger partial charge in [-0.2, -0.15) is 0 Å². The number of esters is 2. The third kappa shape index (κ3) is 3.62. The number of thioether (sulfide) groups is 1. The van der Waals surface area contributed by atoms with Crippen molar-refractivity contribution >= 4 is 34.8 Å². The van der Waals surface area contributed by atoms with Crippen molar-refractivity contribution < 1.29 is 23.9 Å². The summed E-state index contributed by atoms with van der Waals surface area (Å²) in [6.45, 7) is 6.83. The fourth-order valence-electron chi connectivity index (χ4n) is 3.07. The summed E-state index contributed by atoms with van der Waals surface area (Å²) in [5, 5.41) is 0.299. The molecule has 0 spiro atoms. The third-order valence-corrected chi connectivity index (χ3v) is 5.26. The molecule has 2 unspecified atom stereocenters. The summed E-state index contributed by atoms with van der Waals surface area (Å²) in [7, 11) is 0.